The number of nitrogens with zero attached hydrogens (tertiary/aromatic N) is 6. The van der Waals surface area contributed by atoms with E-state index in [1.54, 1.807) is 18.3 Å². The average Bonchev–Trinajstić information content (AvgIpc) is 3.08. The van der Waals surface area contributed by atoms with Gasteiger partial charge >= 0.3 is 0 Å². The van der Waals surface area contributed by atoms with E-state index in [2.05, 4.69) is 10.2 Å². The Bertz CT molecular complexity index is 1260. The van der Waals surface area contributed by atoms with Crippen LogP contribution in [0.15, 0.2) is 52.7 Å². The molecule has 142 valence electrons. The lowest BCUT2D eigenvalue weighted by Gasteiger charge is -2.14. The number of sulfonamides is 1. The Balaban J connectivity index is 1.96. The molecular formula is C16H11ClN6O4S. The maximum absolute atomic E-state index is 12.7. The molecule has 0 saturated carbocycles. The molecule has 28 heavy (non-hydrogen) atoms. The molecule has 2 heterocycles. The fraction of sp³-hybridized carbons (Fsp3) is 0.0625. The van der Waals surface area contributed by atoms with Crippen LogP contribution in [0.25, 0.3) is 5.52 Å². The van der Waals surface area contributed by atoms with Gasteiger partial charge in [-0.25, -0.2) is 4.52 Å². The van der Waals surface area contributed by atoms with Gasteiger partial charge < -0.3 is 0 Å². The summed E-state index contributed by atoms with van der Waals surface area (Å²) in [5, 5.41) is 27.7. The molecule has 12 heteroatoms. The Morgan fingerprint density at radius 2 is 2.14 bits per heavy atom. The largest absolute Gasteiger partial charge is 0.280 e. The number of hydrazone groups is 1. The molecule has 0 bridgehead atoms. The molecule has 0 fully saturated rings. The molecule has 0 radical (unpaired) electrons. The first-order valence-electron chi connectivity index (χ1n) is 7.58. The van der Waals surface area contributed by atoms with Gasteiger partial charge in [0.1, 0.15) is 4.90 Å². The number of hydrogen-bond donors (Lipinski definition) is 0. The normalized spacial score (nSPS) is 11.6. The van der Waals surface area contributed by atoms with Crippen LogP contribution in [0.2, 0.25) is 5.02 Å². The molecule has 3 aromatic rings. The maximum Gasteiger partial charge on any atom is 0.280 e. The van der Waals surface area contributed by atoms with Gasteiger partial charge in [0, 0.05) is 30.9 Å². The molecule has 0 atom stereocenters. The number of fused-ring (bicyclic) bond motifs is 1. The second-order valence-corrected chi connectivity index (χ2v) is 7.84. The van der Waals surface area contributed by atoms with Crippen molar-refractivity contribution in [1.82, 2.24) is 14.0 Å². The molecule has 0 saturated heterocycles. The highest BCUT2D eigenvalue weighted by molar-refractivity contribution is 7.89. The van der Waals surface area contributed by atoms with Crippen LogP contribution in [0.4, 0.5) is 5.69 Å². The van der Waals surface area contributed by atoms with Crippen molar-refractivity contribution in [2.24, 2.45) is 5.10 Å². The second-order valence-electron chi connectivity index (χ2n) is 5.51. The smallest absolute Gasteiger partial charge is 0.258 e. The topological polar surface area (TPSA) is 134 Å². The molecule has 0 aliphatic heterocycles. The maximum atomic E-state index is 12.7. The quantitative estimate of drug-likeness (QED) is 0.354. The number of nitro groups is 1. The summed E-state index contributed by atoms with van der Waals surface area (Å²) in [7, 11) is -3.05. The molecule has 0 spiro atoms. The molecule has 3 rings (SSSR count). The first-order valence-corrected chi connectivity index (χ1v) is 9.40. The summed E-state index contributed by atoms with van der Waals surface area (Å²) in [6.07, 6.45) is 4.31. The summed E-state index contributed by atoms with van der Waals surface area (Å²) < 4.78 is 27.5. The number of hydrogen-bond acceptors (Lipinski definition) is 7. The molecule has 0 N–H and O–H groups in total. The zero-order chi connectivity index (χ0) is 20.5. The molecule has 2 aromatic heterocycles. The predicted molar refractivity (Wildman–Crippen MR) is 101 cm³/mol. The lowest BCUT2D eigenvalue weighted by Crippen LogP contribution is -2.22. The lowest BCUT2D eigenvalue weighted by atomic mass is 10.2. The van der Waals surface area contributed by atoms with Gasteiger partial charge in [-0.15, -0.1) is 0 Å². The average molecular weight is 419 g/mol. The van der Waals surface area contributed by atoms with Crippen molar-refractivity contribution in [3.63, 3.8) is 0 Å². The highest BCUT2D eigenvalue weighted by Crippen LogP contribution is 2.28. The monoisotopic (exact) mass is 418 g/mol. The van der Waals surface area contributed by atoms with Crippen LogP contribution in [0.1, 0.15) is 11.1 Å². The molecule has 10 nitrogen and oxygen atoms in total. The number of nitro benzene ring substituents is 1. The van der Waals surface area contributed by atoms with Crippen molar-refractivity contribution < 1.29 is 13.3 Å². The number of non-ortho nitro benzene ring substituents is 1. The Hall–Kier alpha value is -3.49. The minimum absolute atomic E-state index is 0.165. The van der Waals surface area contributed by atoms with Gasteiger partial charge in [0.15, 0.2) is 0 Å². The van der Waals surface area contributed by atoms with Crippen molar-refractivity contribution in [1.29, 1.82) is 5.26 Å². The summed E-state index contributed by atoms with van der Waals surface area (Å²) in [4.78, 5) is 9.76. The van der Waals surface area contributed by atoms with Crippen LogP contribution in [-0.2, 0) is 10.0 Å². The molecule has 0 unspecified atom stereocenters. The van der Waals surface area contributed by atoms with Crippen LogP contribution in [0.3, 0.4) is 0 Å². The van der Waals surface area contributed by atoms with Gasteiger partial charge in [-0.05, 0) is 18.2 Å². The van der Waals surface area contributed by atoms with Crippen LogP contribution < -0.4 is 0 Å². The van der Waals surface area contributed by atoms with Crippen molar-refractivity contribution in [2.45, 2.75) is 4.90 Å². The van der Waals surface area contributed by atoms with E-state index in [4.69, 9.17) is 16.9 Å². The van der Waals surface area contributed by atoms with E-state index in [1.807, 2.05) is 6.07 Å². The van der Waals surface area contributed by atoms with E-state index >= 15 is 0 Å². The molecule has 1 aromatic carbocycles. The fourth-order valence-electron chi connectivity index (χ4n) is 2.32. The van der Waals surface area contributed by atoms with E-state index in [9.17, 15) is 18.5 Å². The van der Waals surface area contributed by atoms with Gasteiger partial charge in [0.05, 0.1) is 39.5 Å². The molecule has 0 aliphatic rings. The summed E-state index contributed by atoms with van der Waals surface area (Å²) in [6.45, 7) is 0. The minimum atomic E-state index is -4.23. The summed E-state index contributed by atoms with van der Waals surface area (Å²) in [5.74, 6) is 0. The van der Waals surface area contributed by atoms with Gasteiger partial charge in [-0.2, -0.15) is 28.3 Å². The van der Waals surface area contributed by atoms with Crippen molar-refractivity contribution in [3.8, 4) is 6.07 Å². The Kier molecular flexibility index (Phi) is 5.00. The fourth-order valence-corrected chi connectivity index (χ4v) is 3.77. The van der Waals surface area contributed by atoms with Gasteiger partial charge in [0.25, 0.3) is 15.7 Å². The third-order valence-corrected chi connectivity index (χ3v) is 5.92. The lowest BCUT2D eigenvalue weighted by molar-refractivity contribution is -0.385. The number of nitriles is 1. The van der Waals surface area contributed by atoms with Crippen LogP contribution in [0, 0.1) is 21.4 Å². The Morgan fingerprint density at radius 3 is 2.82 bits per heavy atom. The highest BCUT2D eigenvalue weighted by atomic mass is 35.5. The SMILES string of the molecule is CN(N=Cc1cnn2ccc(C#N)cc12)S(=O)(=O)c1cc([N+](=O)[O-])ccc1Cl. The van der Waals surface area contributed by atoms with Crippen molar-refractivity contribution in [3.05, 3.63) is 69.0 Å². The summed E-state index contributed by atoms with van der Waals surface area (Å²) >= 11 is 5.92. The predicted octanol–water partition coefficient (Wildman–Crippen LogP) is 2.42. The third-order valence-electron chi connectivity index (χ3n) is 3.79. The van der Waals surface area contributed by atoms with Gasteiger partial charge in [0.2, 0.25) is 0 Å². The van der Waals surface area contributed by atoms with Gasteiger partial charge in [-0.3, -0.25) is 10.1 Å². The standard InChI is InChI=1S/C16H11ClN6O4S/c1-21(28(26,27)16-7-13(23(24)25)2-3-14(16)17)19-9-12-10-20-22-5-4-11(8-18)6-15(12)22/h2-7,9-10H,1H3. The van der Waals surface area contributed by atoms with E-state index in [-0.39, 0.29) is 5.02 Å². The van der Waals surface area contributed by atoms with E-state index in [0.717, 1.165) is 18.2 Å². The van der Waals surface area contributed by atoms with E-state index in [1.165, 1.54) is 24.0 Å². The Morgan fingerprint density at radius 1 is 1.39 bits per heavy atom. The molecule has 0 aliphatic carbocycles. The molecule has 0 amide bonds. The number of pyridine rings is 1. The Labute approximate surface area is 164 Å². The van der Waals surface area contributed by atoms with Crippen molar-refractivity contribution in [2.75, 3.05) is 7.05 Å². The summed E-state index contributed by atoms with van der Waals surface area (Å²) in [5.41, 5.74) is 1.03. The first-order chi connectivity index (χ1) is 13.2. The minimum Gasteiger partial charge on any atom is -0.258 e. The number of benzene rings is 1. The highest BCUT2D eigenvalue weighted by Gasteiger charge is 2.25. The zero-order valence-corrected chi connectivity index (χ0v) is 15.8. The van der Waals surface area contributed by atoms with Crippen LogP contribution in [-0.4, -0.2) is 40.6 Å². The summed E-state index contributed by atoms with van der Waals surface area (Å²) in [6, 6.07) is 8.29. The van der Waals surface area contributed by atoms with Gasteiger partial charge in [-0.1, -0.05) is 11.6 Å². The van der Waals surface area contributed by atoms with Crippen LogP contribution >= 0.6 is 11.6 Å². The van der Waals surface area contributed by atoms with Crippen molar-refractivity contribution >= 4 is 39.0 Å². The first kappa shape index (κ1) is 19.3. The zero-order valence-electron chi connectivity index (χ0n) is 14.2. The number of rotatable bonds is 5. The number of halogens is 1. The number of aromatic nitrogens is 2. The van der Waals surface area contributed by atoms with E-state index in [0.29, 0.717) is 21.1 Å². The van der Waals surface area contributed by atoms with E-state index < -0.39 is 25.5 Å². The third kappa shape index (κ3) is 3.51. The molecular weight excluding hydrogens is 408 g/mol. The van der Waals surface area contributed by atoms with Crippen LogP contribution in [0.5, 0.6) is 0 Å². The second kappa shape index (κ2) is 7.26.